The summed E-state index contributed by atoms with van der Waals surface area (Å²) in [4.78, 5) is 30.4. The summed E-state index contributed by atoms with van der Waals surface area (Å²) in [6, 6.07) is 9.78. The van der Waals surface area contributed by atoms with Crippen LogP contribution in [0, 0.1) is 17.3 Å². The molecule has 0 bridgehead atoms. The summed E-state index contributed by atoms with van der Waals surface area (Å²) in [5.74, 6) is 6.14. The highest BCUT2D eigenvalue weighted by atomic mass is 16.2. The molecular formula is C22H23N5O2. The average molecular weight is 389 g/mol. The van der Waals surface area contributed by atoms with Crippen LogP contribution in [-0.4, -0.2) is 34.2 Å². The van der Waals surface area contributed by atoms with Crippen LogP contribution in [-0.2, 0) is 6.54 Å². The molecule has 0 radical (unpaired) electrons. The van der Waals surface area contributed by atoms with E-state index >= 15 is 0 Å². The van der Waals surface area contributed by atoms with E-state index in [-0.39, 0.29) is 0 Å². The Bertz CT molecular complexity index is 955. The van der Waals surface area contributed by atoms with E-state index in [2.05, 4.69) is 32.4 Å². The SMILES string of the molecule is CC#Cc1ccc(NC(=O)NC(=O)c2ccc(CN3CCCCC3=N)cc2)nc1. The minimum absolute atomic E-state index is 0.330. The number of imide groups is 1. The van der Waals surface area contributed by atoms with Crippen molar-refractivity contribution in [1.29, 1.82) is 5.41 Å². The van der Waals surface area contributed by atoms with E-state index in [0.29, 0.717) is 23.8 Å². The molecule has 0 aliphatic carbocycles. The van der Waals surface area contributed by atoms with Gasteiger partial charge in [0.05, 0.1) is 5.84 Å². The monoisotopic (exact) mass is 389 g/mol. The molecule has 3 rings (SSSR count). The lowest BCUT2D eigenvalue weighted by Crippen LogP contribution is -2.35. The molecule has 1 aromatic heterocycles. The van der Waals surface area contributed by atoms with Crippen molar-refractivity contribution >= 4 is 23.6 Å². The van der Waals surface area contributed by atoms with Gasteiger partial charge in [-0.25, -0.2) is 9.78 Å². The van der Waals surface area contributed by atoms with Crippen molar-refractivity contribution in [3.63, 3.8) is 0 Å². The third-order valence-corrected chi connectivity index (χ3v) is 4.56. The van der Waals surface area contributed by atoms with Gasteiger partial charge in [0.25, 0.3) is 5.91 Å². The van der Waals surface area contributed by atoms with Crippen molar-refractivity contribution in [2.24, 2.45) is 0 Å². The molecule has 3 amide bonds. The number of amidine groups is 1. The number of pyridine rings is 1. The number of piperidine rings is 1. The Kier molecular flexibility index (Phi) is 6.59. The molecule has 1 aromatic carbocycles. The van der Waals surface area contributed by atoms with Crippen LogP contribution < -0.4 is 10.6 Å². The van der Waals surface area contributed by atoms with Crippen molar-refractivity contribution in [3.05, 3.63) is 59.3 Å². The number of carbonyl (C=O) groups excluding carboxylic acids is 2. The molecule has 0 unspecified atom stereocenters. The smallest absolute Gasteiger partial charge is 0.327 e. The zero-order valence-corrected chi connectivity index (χ0v) is 16.3. The number of hydrogen-bond acceptors (Lipinski definition) is 4. The Morgan fingerprint density at radius 2 is 1.97 bits per heavy atom. The number of nitrogens with zero attached hydrogens (tertiary/aromatic N) is 2. The fraction of sp³-hybridized carbons (Fsp3) is 0.273. The van der Waals surface area contributed by atoms with Gasteiger partial charge in [-0.1, -0.05) is 18.1 Å². The zero-order valence-electron chi connectivity index (χ0n) is 16.3. The van der Waals surface area contributed by atoms with Gasteiger partial charge in [0.2, 0.25) is 0 Å². The van der Waals surface area contributed by atoms with Crippen molar-refractivity contribution in [1.82, 2.24) is 15.2 Å². The summed E-state index contributed by atoms with van der Waals surface area (Å²) < 4.78 is 0. The second kappa shape index (κ2) is 9.51. The van der Waals surface area contributed by atoms with Crippen molar-refractivity contribution < 1.29 is 9.59 Å². The molecule has 2 heterocycles. The number of nitrogens with one attached hydrogen (secondary N) is 3. The highest BCUT2D eigenvalue weighted by molar-refractivity contribution is 6.07. The molecule has 0 saturated carbocycles. The van der Waals surface area contributed by atoms with Crippen LogP contribution in [0.1, 0.15) is 47.7 Å². The van der Waals surface area contributed by atoms with Crippen LogP contribution in [0.25, 0.3) is 0 Å². The number of hydrogen-bond donors (Lipinski definition) is 3. The summed E-state index contributed by atoms with van der Waals surface area (Å²) in [5.41, 5.74) is 2.16. The number of rotatable bonds is 4. The van der Waals surface area contributed by atoms with Crippen LogP contribution >= 0.6 is 0 Å². The quantitative estimate of drug-likeness (QED) is 0.698. The molecule has 1 aliphatic heterocycles. The van der Waals surface area contributed by atoms with E-state index in [1.165, 1.54) is 0 Å². The summed E-state index contributed by atoms with van der Waals surface area (Å²) in [5, 5.41) is 12.8. The van der Waals surface area contributed by atoms with E-state index < -0.39 is 11.9 Å². The predicted octanol–water partition coefficient (Wildman–Crippen LogP) is 3.38. The average Bonchev–Trinajstić information content (AvgIpc) is 2.72. The minimum Gasteiger partial charge on any atom is -0.356 e. The first kappa shape index (κ1) is 20.1. The first-order valence-corrected chi connectivity index (χ1v) is 9.47. The topological polar surface area (TPSA) is 98.2 Å². The number of likely N-dealkylation sites (tertiary alicyclic amines) is 1. The molecule has 7 nitrogen and oxygen atoms in total. The molecule has 0 spiro atoms. The lowest BCUT2D eigenvalue weighted by molar-refractivity contribution is 0.0967. The van der Waals surface area contributed by atoms with Crippen molar-refractivity contribution in [2.75, 3.05) is 11.9 Å². The summed E-state index contributed by atoms with van der Waals surface area (Å²) in [7, 11) is 0. The Hall–Kier alpha value is -3.66. The fourth-order valence-corrected chi connectivity index (χ4v) is 3.05. The van der Waals surface area contributed by atoms with Gasteiger partial charge >= 0.3 is 6.03 Å². The maximum absolute atomic E-state index is 12.3. The van der Waals surface area contributed by atoms with E-state index in [0.717, 1.165) is 36.9 Å². The predicted molar refractivity (Wildman–Crippen MR) is 112 cm³/mol. The van der Waals surface area contributed by atoms with E-state index in [4.69, 9.17) is 5.41 Å². The maximum atomic E-state index is 12.3. The number of carbonyl (C=O) groups is 2. The van der Waals surface area contributed by atoms with Gasteiger partial charge in [-0.2, -0.15) is 0 Å². The van der Waals surface area contributed by atoms with Crippen LogP contribution in [0.5, 0.6) is 0 Å². The number of urea groups is 1. The van der Waals surface area contributed by atoms with E-state index in [9.17, 15) is 9.59 Å². The van der Waals surface area contributed by atoms with Gasteiger partial charge < -0.3 is 4.90 Å². The zero-order chi connectivity index (χ0) is 20.6. The third kappa shape index (κ3) is 5.66. The Labute approximate surface area is 170 Å². The standard InChI is InChI=1S/C22H23N5O2/c1-2-5-16-9-12-20(24-14-16)25-22(29)26-21(28)18-10-7-17(8-11-18)15-27-13-4-3-6-19(27)23/h7-12,14,23H,3-4,6,13,15H2,1H3,(H2,24,25,26,28,29). The van der Waals surface area contributed by atoms with Gasteiger partial charge in [0, 0.05) is 36.8 Å². The molecule has 29 heavy (non-hydrogen) atoms. The Morgan fingerprint density at radius 1 is 1.17 bits per heavy atom. The van der Waals surface area contributed by atoms with Gasteiger partial charge in [-0.15, -0.1) is 5.92 Å². The van der Waals surface area contributed by atoms with Crippen LogP contribution in [0.3, 0.4) is 0 Å². The largest absolute Gasteiger partial charge is 0.356 e. The molecule has 1 saturated heterocycles. The highest BCUT2D eigenvalue weighted by Gasteiger charge is 2.15. The van der Waals surface area contributed by atoms with Crippen LogP contribution in [0.2, 0.25) is 0 Å². The van der Waals surface area contributed by atoms with E-state index in [1.54, 1.807) is 37.4 Å². The summed E-state index contributed by atoms with van der Waals surface area (Å²) in [6.45, 7) is 3.28. The third-order valence-electron chi connectivity index (χ3n) is 4.56. The van der Waals surface area contributed by atoms with Crippen LogP contribution in [0.15, 0.2) is 42.6 Å². The highest BCUT2D eigenvalue weighted by Crippen LogP contribution is 2.15. The Morgan fingerprint density at radius 3 is 2.62 bits per heavy atom. The first-order chi connectivity index (χ1) is 14.0. The molecular weight excluding hydrogens is 366 g/mol. The summed E-state index contributed by atoms with van der Waals surface area (Å²) >= 11 is 0. The number of benzene rings is 1. The van der Waals surface area contributed by atoms with Gasteiger partial charge in [-0.05, 0) is 49.6 Å². The molecule has 0 atom stereocenters. The number of aromatic nitrogens is 1. The lowest BCUT2D eigenvalue weighted by atomic mass is 10.1. The first-order valence-electron chi connectivity index (χ1n) is 9.47. The number of amides is 3. The molecule has 1 aliphatic rings. The Balaban J connectivity index is 1.53. The molecule has 3 N–H and O–H groups in total. The molecule has 1 fully saturated rings. The maximum Gasteiger partial charge on any atom is 0.327 e. The fourth-order valence-electron chi connectivity index (χ4n) is 3.05. The van der Waals surface area contributed by atoms with Crippen molar-refractivity contribution in [2.45, 2.75) is 32.7 Å². The number of anilines is 1. The lowest BCUT2D eigenvalue weighted by Gasteiger charge is -2.29. The molecule has 2 aromatic rings. The van der Waals surface area contributed by atoms with Gasteiger partial charge in [0.1, 0.15) is 5.82 Å². The second-order valence-electron chi connectivity index (χ2n) is 6.74. The normalized spacial score (nSPS) is 13.3. The molecule has 148 valence electrons. The van der Waals surface area contributed by atoms with Crippen molar-refractivity contribution in [3.8, 4) is 11.8 Å². The molecule has 7 heteroatoms. The van der Waals surface area contributed by atoms with E-state index in [1.807, 2.05) is 12.1 Å². The minimum atomic E-state index is -0.650. The van der Waals surface area contributed by atoms with Gasteiger partial charge in [0.15, 0.2) is 0 Å². The second-order valence-corrected chi connectivity index (χ2v) is 6.74. The van der Waals surface area contributed by atoms with Crippen LogP contribution in [0.4, 0.5) is 10.6 Å². The summed E-state index contributed by atoms with van der Waals surface area (Å²) in [6.07, 6.45) is 4.54. The van der Waals surface area contributed by atoms with Gasteiger partial charge in [-0.3, -0.25) is 20.8 Å².